The maximum absolute atomic E-state index is 14.0. The Bertz CT molecular complexity index is 1230. The van der Waals surface area contributed by atoms with Gasteiger partial charge in [0.05, 0.1) is 13.2 Å². The van der Waals surface area contributed by atoms with Gasteiger partial charge in [0.2, 0.25) is 11.8 Å². The molecule has 0 spiro atoms. The minimum atomic E-state index is -0.631. The van der Waals surface area contributed by atoms with Crippen molar-refractivity contribution in [1.29, 1.82) is 0 Å². The summed E-state index contributed by atoms with van der Waals surface area (Å²) < 4.78 is 11.5. The summed E-state index contributed by atoms with van der Waals surface area (Å²) in [4.78, 5) is 29.3. The first-order valence-corrected chi connectivity index (χ1v) is 14.4. The molecule has 3 aromatic carbocycles. The Morgan fingerprint density at radius 2 is 1.52 bits per heavy atom. The zero-order valence-electron chi connectivity index (χ0n) is 24.6. The molecular weight excluding hydrogens is 500 g/mol. The van der Waals surface area contributed by atoms with Gasteiger partial charge in [-0.05, 0) is 61.9 Å². The second kappa shape index (κ2) is 15.7. The summed E-state index contributed by atoms with van der Waals surface area (Å²) in [6, 6.07) is 23.2. The quantitative estimate of drug-likeness (QED) is 0.250. The Morgan fingerprint density at radius 1 is 0.825 bits per heavy atom. The van der Waals surface area contributed by atoms with Gasteiger partial charge in [0.25, 0.3) is 0 Å². The zero-order valence-corrected chi connectivity index (χ0v) is 24.6. The van der Waals surface area contributed by atoms with Gasteiger partial charge in [0.1, 0.15) is 6.04 Å². The third-order valence-corrected chi connectivity index (χ3v) is 6.63. The highest BCUT2D eigenvalue weighted by Gasteiger charge is 2.30. The second-order valence-corrected chi connectivity index (χ2v) is 10.5. The SMILES string of the molecule is CCOc1ccc(CCC(=O)N(Cc2cccc(C)c2)C(Cc2ccccc2)C(=O)NCC(C)C)cc1OCC. The molecule has 0 heterocycles. The highest BCUT2D eigenvalue weighted by molar-refractivity contribution is 5.88. The van der Waals surface area contributed by atoms with E-state index in [4.69, 9.17) is 9.47 Å². The lowest BCUT2D eigenvalue weighted by Crippen LogP contribution is -2.51. The molecule has 0 saturated carbocycles. The monoisotopic (exact) mass is 544 g/mol. The maximum Gasteiger partial charge on any atom is 0.243 e. The van der Waals surface area contributed by atoms with Crippen molar-refractivity contribution >= 4 is 11.8 Å². The molecule has 0 radical (unpaired) electrons. The smallest absolute Gasteiger partial charge is 0.243 e. The zero-order chi connectivity index (χ0) is 28.9. The van der Waals surface area contributed by atoms with Crippen molar-refractivity contribution in [3.8, 4) is 11.5 Å². The molecule has 0 bridgehead atoms. The Hall–Kier alpha value is -3.80. The number of carbonyl (C=O) groups is 2. The molecule has 6 nitrogen and oxygen atoms in total. The van der Waals surface area contributed by atoms with E-state index < -0.39 is 6.04 Å². The Balaban J connectivity index is 1.89. The summed E-state index contributed by atoms with van der Waals surface area (Å²) in [5.74, 6) is 1.50. The van der Waals surface area contributed by atoms with E-state index in [9.17, 15) is 9.59 Å². The number of ether oxygens (including phenoxy) is 2. The highest BCUT2D eigenvalue weighted by Crippen LogP contribution is 2.29. The number of amides is 2. The van der Waals surface area contributed by atoms with Crippen LogP contribution >= 0.6 is 0 Å². The molecule has 0 aliphatic carbocycles. The molecule has 1 N–H and O–H groups in total. The number of benzene rings is 3. The molecule has 40 heavy (non-hydrogen) atoms. The van der Waals surface area contributed by atoms with Crippen LogP contribution in [0, 0.1) is 12.8 Å². The molecule has 214 valence electrons. The number of nitrogens with zero attached hydrogens (tertiary/aromatic N) is 1. The first-order valence-electron chi connectivity index (χ1n) is 14.4. The normalized spacial score (nSPS) is 11.7. The van der Waals surface area contributed by atoms with Crippen LogP contribution in [0.15, 0.2) is 72.8 Å². The minimum absolute atomic E-state index is 0.0611. The number of aryl methyl sites for hydroxylation is 2. The molecule has 2 amide bonds. The van der Waals surface area contributed by atoms with E-state index in [-0.39, 0.29) is 18.2 Å². The average molecular weight is 545 g/mol. The molecule has 1 unspecified atom stereocenters. The second-order valence-electron chi connectivity index (χ2n) is 10.5. The number of carbonyl (C=O) groups excluding carboxylic acids is 2. The molecule has 3 aromatic rings. The van der Waals surface area contributed by atoms with Crippen LogP contribution in [0.4, 0.5) is 0 Å². The molecular formula is C34H44N2O4. The Labute approximate surface area is 239 Å². The van der Waals surface area contributed by atoms with Gasteiger partial charge in [-0.1, -0.05) is 80.1 Å². The fraction of sp³-hybridized carbons (Fsp3) is 0.412. The van der Waals surface area contributed by atoms with Crippen molar-refractivity contribution in [2.24, 2.45) is 5.92 Å². The molecule has 0 aromatic heterocycles. The maximum atomic E-state index is 14.0. The molecule has 0 aliphatic rings. The van der Waals surface area contributed by atoms with E-state index in [1.165, 1.54) is 0 Å². The predicted octanol–water partition coefficient (Wildman–Crippen LogP) is 6.14. The van der Waals surface area contributed by atoms with Gasteiger partial charge in [-0.25, -0.2) is 0 Å². The van der Waals surface area contributed by atoms with E-state index >= 15 is 0 Å². The summed E-state index contributed by atoms with van der Waals surface area (Å²) in [5.41, 5.74) is 4.12. The number of hydrogen-bond acceptors (Lipinski definition) is 4. The van der Waals surface area contributed by atoms with Crippen LogP contribution in [0.5, 0.6) is 11.5 Å². The molecule has 0 fully saturated rings. The van der Waals surface area contributed by atoms with Crippen LogP contribution in [0.3, 0.4) is 0 Å². The Kier molecular flexibility index (Phi) is 12.1. The van der Waals surface area contributed by atoms with Crippen molar-refractivity contribution in [1.82, 2.24) is 10.2 Å². The van der Waals surface area contributed by atoms with Gasteiger partial charge in [-0.2, -0.15) is 0 Å². The lowest BCUT2D eigenvalue weighted by molar-refractivity contribution is -0.141. The molecule has 3 rings (SSSR count). The van der Waals surface area contributed by atoms with Crippen molar-refractivity contribution in [3.05, 3.63) is 95.1 Å². The Morgan fingerprint density at radius 3 is 2.20 bits per heavy atom. The standard InChI is InChI=1S/C34H44N2O4/c1-6-39-31-18-16-28(22-32(31)40-7-2)17-19-33(37)36(24-29-15-11-12-26(5)20-29)30(34(38)35-23-25(3)4)21-27-13-9-8-10-14-27/h8-16,18,20,22,25,30H,6-7,17,19,21,23-24H2,1-5H3,(H,35,38). The molecule has 0 aliphatic heterocycles. The summed E-state index contributed by atoms with van der Waals surface area (Å²) in [6.45, 7) is 12.0. The third kappa shape index (κ3) is 9.44. The first-order chi connectivity index (χ1) is 19.3. The largest absolute Gasteiger partial charge is 0.490 e. The van der Waals surface area contributed by atoms with Crippen molar-refractivity contribution in [2.75, 3.05) is 19.8 Å². The van der Waals surface area contributed by atoms with E-state index in [0.29, 0.717) is 56.6 Å². The van der Waals surface area contributed by atoms with Crippen LogP contribution in [-0.4, -0.2) is 42.5 Å². The van der Waals surface area contributed by atoms with Crippen molar-refractivity contribution < 1.29 is 19.1 Å². The van der Waals surface area contributed by atoms with E-state index in [1.807, 2.05) is 87.5 Å². The lowest BCUT2D eigenvalue weighted by Gasteiger charge is -2.32. The predicted molar refractivity (Wildman–Crippen MR) is 161 cm³/mol. The van der Waals surface area contributed by atoms with Crippen LogP contribution in [0.25, 0.3) is 0 Å². The number of nitrogens with one attached hydrogen (secondary N) is 1. The first kappa shape index (κ1) is 30.7. The minimum Gasteiger partial charge on any atom is -0.490 e. The van der Waals surface area contributed by atoms with Gasteiger partial charge in [-0.3, -0.25) is 9.59 Å². The van der Waals surface area contributed by atoms with Gasteiger partial charge in [0.15, 0.2) is 11.5 Å². The van der Waals surface area contributed by atoms with E-state index in [0.717, 1.165) is 22.3 Å². The summed E-state index contributed by atoms with van der Waals surface area (Å²) in [7, 11) is 0. The summed E-state index contributed by atoms with van der Waals surface area (Å²) >= 11 is 0. The van der Waals surface area contributed by atoms with Crippen molar-refractivity contribution in [2.45, 2.75) is 66.5 Å². The summed E-state index contributed by atoms with van der Waals surface area (Å²) in [6.07, 6.45) is 1.25. The van der Waals surface area contributed by atoms with Crippen LogP contribution in [0.1, 0.15) is 56.4 Å². The molecule has 0 saturated heterocycles. The van der Waals surface area contributed by atoms with Gasteiger partial charge < -0.3 is 19.7 Å². The fourth-order valence-electron chi connectivity index (χ4n) is 4.63. The highest BCUT2D eigenvalue weighted by atomic mass is 16.5. The molecule has 1 atom stereocenters. The topological polar surface area (TPSA) is 67.9 Å². The van der Waals surface area contributed by atoms with Crippen LogP contribution in [0.2, 0.25) is 0 Å². The summed E-state index contributed by atoms with van der Waals surface area (Å²) in [5, 5.41) is 3.09. The average Bonchev–Trinajstić information content (AvgIpc) is 2.94. The van der Waals surface area contributed by atoms with E-state index in [1.54, 1.807) is 4.90 Å². The van der Waals surface area contributed by atoms with Gasteiger partial charge in [0, 0.05) is 25.9 Å². The lowest BCUT2D eigenvalue weighted by atomic mass is 10.0. The van der Waals surface area contributed by atoms with Crippen LogP contribution < -0.4 is 14.8 Å². The third-order valence-electron chi connectivity index (χ3n) is 6.63. The van der Waals surface area contributed by atoms with Crippen molar-refractivity contribution in [3.63, 3.8) is 0 Å². The molecule has 6 heteroatoms. The number of hydrogen-bond donors (Lipinski definition) is 1. The van der Waals surface area contributed by atoms with E-state index in [2.05, 4.69) is 25.2 Å². The van der Waals surface area contributed by atoms with Gasteiger partial charge >= 0.3 is 0 Å². The van der Waals surface area contributed by atoms with Gasteiger partial charge in [-0.15, -0.1) is 0 Å². The fourth-order valence-corrected chi connectivity index (χ4v) is 4.63. The number of rotatable bonds is 15. The van der Waals surface area contributed by atoms with Crippen LogP contribution in [-0.2, 0) is 29.0 Å².